The average molecular weight is 374 g/mol. The first-order valence-electron chi connectivity index (χ1n) is 9.74. The van der Waals surface area contributed by atoms with Crippen molar-refractivity contribution in [2.45, 2.75) is 32.1 Å². The quantitative estimate of drug-likeness (QED) is 0.822. The molecule has 2 aromatic carbocycles. The summed E-state index contributed by atoms with van der Waals surface area (Å²) >= 11 is 0. The lowest BCUT2D eigenvalue weighted by atomic mass is 9.48. The Morgan fingerprint density at radius 2 is 1.50 bits per heavy atom. The van der Waals surface area contributed by atoms with Gasteiger partial charge in [0, 0.05) is 17.3 Å². The van der Waals surface area contributed by atoms with Crippen LogP contribution in [0.5, 0.6) is 0 Å². The van der Waals surface area contributed by atoms with E-state index >= 15 is 0 Å². The van der Waals surface area contributed by atoms with Gasteiger partial charge in [-0.2, -0.15) is 5.01 Å². The third-order valence-electron chi connectivity index (χ3n) is 6.79. The highest BCUT2D eigenvalue weighted by Gasteiger charge is 2.66. The second kappa shape index (κ2) is 5.53. The molecular weight excluding hydrogens is 352 g/mol. The van der Waals surface area contributed by atoms with Gasteiger partial charge < -0.3 is 0 Å². The highest BCUT2D eigenvalue weighted by Crippen LogP contribution is 2.63. The normalized spacial score (nSPS) is 29.6. The molecule has 1 aliphatic heterocycles. The molecule has 2 unspecified atom stereocenters. The van der Waals surface area contributed by atoms with Crippen molar-refractivity contribution in [2.24, 2.45) is 17.8 Å². The molecule has 5 heteroatoms. The van der Waals surface area contributed by atoms with Crippen molar-refractivity contribution >= 4 is 17.7 Å². The van der Waals surface area contributed by atoms with Gasteiger partial charge in [-0.05, 0) is 22.3 Å². The summed E-state index contributed by atoms with van der Waals surface area (Å²) in [7, 11) is 0. The molecule has 2 bridgehead atoms. The molecule has 1 N–H and O–H groups in total. The zero-order chi connectivity index (χ0) is 19.8. The third-order valence-corrected chi connectivity index (χ3v) is 6.79. The number of benzene rings is 2. The molecule has 3 aliphatic carbocycles. The van der Waals surface area contributed by atoms with E-state index in [9.17, 15) is 14.4 Å². The Bertz CT molecular complexity index is 994. The van der Waals surface area contributed by atoms with Gasteiger partial charge in [0.1, 0.15) is 0 Å². The molecule has 28 heavy (non-hydrogen) atoms. The van der Waals surface area contributed by atoms with Crippen molar-refractivity contribution in [3.05, 3.63) is 70.8 Å². The minimum absolute atomic E-state index is 0.170. The van der Waals surface area contributed by atoms with E-state index in [0.717, 1.165) is 27.3 Å². The van der Waals surface area contributed by atoms with Gasteiger partial charge in [0.05, 0.1) is 11.8 Å². The van der Waals surface area contributed by atoms with Crippen LogP contribution in [0.1, 0.15) is 48.9 Å². The minimum atomic E-state index is -0.601. The molecular formula is C23H22N2O3. The van der Waals surface area contributed by atoms with Crippen LogP contribution in [-0.2, 0) is 19.8 Å². The maximum Gasteiger partial charge on any atom is 0.253 e. The van der Waals surface area contributed by atoms with Gasteiger partial charge in [-0.1, -0.05) is 69.3 Å². The lowest BCUT2D eigenvalue weighted by molar-refractivity contribution is -0.150. The molecule has 1 heterocycles. The van der Waals surface area contributed by atoms with Crippen molar-refractivity contribution in [3.63, 3.8) is 0 Å². The van der Waals surface area contributed by atoms with Gasteiger partial charge >= 0.3 is 0 Å². The lowest BCUT2D eigenvalue weighted by Crippen LogP contribution is -2.52. The van der Waals surface area contributed by atoms with Crippen molar-refractivity contribution in [1.82, 2.24) is 10.4 Å². The number of amides is 3. The van der Waals surface area contributed by atoms with E-state index in [0.29, 0.717) is 0 Å². The Morgan fingerprint density at radius 1 is 0.964 bits per heavy atom. The SMILES string of the molecule is CC(C)C(=O)NN1C(=O)C2C3c4ccccc4C(C)(c4ccccc43)C2C1=O. The largest absolute Gasteiger partial charge is 0.273 e. The zero-order valence-electron chi connectivity index (χ0n) is 16.1. The van der Waals surface area contributed by atoms with Crippen LogP contribution in [0, 0.1) is 17.8 Å². The van der Waals surface area contributed by atoms with Crippen molar-refractivity contribution < 1.29 is 14.4 Å². The van der Waals surface area contributed by atoms with E-state index in [4.69, 9.17) is 0 Å². The summed E-state index contributed by atoms with van der Waals surface area (Å²) in [6, 6.07) is 16.2. The predicted octanol–water partition coefficient (Wildman–Crippen LogP) is 2.74. The summed E-state index contributed by atoms with van der Waals surface area (Å²) in [5, 5.41) is 0.987. The molecule has 1 saturated heterocycles. The van der Waals surface area contributed by atoms with Crippen molar-refractivity contribution in [1.29, 1.82) is 0 Å². The van der Waals surface area contributed by atoms with E-state index in [-0.39, 0.29) is 29.6 Å². The Labute approximate surface area is 163 Å². The zero-order valence-corrected chi connectivity index (χ0v) is 16.1. The fourth-order valence-electron chi connectivity index (χ4n) is 5.50. The second-order valence-corrected chi connectivity index (χ2v) is 8.50. The van der Waals surface area contributed by atoms with Gasteiger partial charge in [-0.25, -0.2) is 0 Å². The Balaban J connectivity index is 1.71. The van der Waals surface area contributed by atoms with Gasteiger partial charge in [-0.15, -0.1) is 0 Å². The summed E-state index contributed by atoms with van der Waals surface area (Å²) in [5.41, 5.74) is 6.42. The summed E-state index contributed by atoms with van der Waals surface area (Å²) in [6.07, 6.45) is 0. The summed E-state index contributed by atoms with van der Waals surface area (Å²) < 4.78 is 0. The molecule has 2 aromatic rings. The molecule has 0 radical (unpaired) electrons. The molecule has 3 amide bonds. The standard InChI is InChI=1S/C23H22N2O3/c1-12(2)20(26)24-25-21(27)18-17-13-8-4-6-10-15(13)23(3,19(18)22(25)28)16-11-7-5-9-14(16)17/h4-12,17-19H,1-3H3,(H,24,26). The molecule has 1 fully saturated rings. The van der Waals surface area contributed by atoms with E-state index in [1.165, 1.54) is 0 Å². The monoisotopic (exact) mass is 374 g/mol. The molecule has 2 atom stereocenters. The molecule has 0 aromatic heterocycles. The smallest absolute Gasteiger partial charge is 0.253 e. The van der Waals surface area contributed by atoms with E-state index in [2.05, 4.69) is 36.6 Å². The van der Waals surface area contributed by atoms with Crippen LogP contribution >= 0.6 is 0 Å². The van der Waals surface area contributed by atoms with Crippen LogP contribution in [0.3, 0.4) is 0 Å². The maximum atomic E-state index is 13.4. The third kappa shape index (κ3) is 1.89. The molecule has 142 valence electrons. The van der Waals surface area contributed by atoms with E-state index < -0.39 is 17.3 Å². The number of carbonyl (C=O) groups excluding carboxylic acids is 3. The van der Waals surface area contributed by atoms with Crippen LogP contribution in [0.25, 0.3) is 0 Å². The number of hydrogen-bond acceptors (Lipinski definition) is 3. The van der Waals surface area contributed by atoms with Gasteiger partial charge in [-0.3, -0.25) is 19.8 Å². The second-order valence-electron chi connectivity index (χ2n) is 8.50. The van der Waals surface area contributed by atoms with Gasteiger partial charge in [0.2, 0.25) is 5.91 Å². The van der Waals surface area contributed by atoms with Crippen LogP contribution < -0.4 is 5.43 Å². The maximum absolute atomic E-state index is 13.4. The van der Waals surface area contributed by atoms with Gasteiger partial charge in [0.25, 0.3) is 11.8 Å². The van der Waals surface area contributed by atoms with Crippen LogP contribution in [0.4, 0.5) is 0 Å². The van der Waals surface area contributed by atoms with Gasteiger partial charge in [0.15, 0.2) is 0 Å². The highest BCUT2D eigenvalue weighted by molar-refractivity contribution is 6.09. The number of imide groups is 1. The Morgan fingerprint density at radius 3 is 2.04 bits per heavy atom. The molecule has 4 aliphatic rings. The van der Waals surface area contributed by atoms with Crippen molar-refractivity contribution in [3.8, 4) is 0 Å². The number of hydrogen-bond donors (Lipinski definition) is 1. The van der Waals surface area contributed by atoms with Crippen molar-refractivity contribution in [2.75, 3.05) is 0 Å². The summed E-state index contributed by atoms with van der Waals surface area (Å²) in [4.78, 5) is 39.0. The molecule has 6 rings (SSSR count). The van der Waals surface area contributed by atoms with Crippen LogP contribution in [0.15, 0.2) is 48.5 Å². The number of hydrazine groups is 1. The Hall–Kier alpha value is -2.95. The first-order valence-corrected chi connectivity index (χ1v) is 9.74. The Kier molecular flexibility index (Phi) is 3.39. The van der Waals surface area contributed by atoms with E-state index in [1.807, 2.05) is 24.3 Å². The molecule has 0 saturated carbocycles. The number of nitrogens with zero attached hydrogens (tertiary/aromatic N) is 1. The highest BCUT2D eigenvalue weighted by atomic mass is 16.2. The topological polar surface area (TPSA) is 66.5 Å². The lowest BCUT2D eigenvalue weighted by Gasteiger charge is -2.52. The minimum Gasteiger partial charge on any atom is -0.273 e. The summed E-state index contributed by atoms with van der Waals surface area (Å²) in [5.74, 6) is -2.42. The first-order chi connectivity index (χ1) is 13.4. The number of nitrogens with one attached hydrogen (secondary N) is 1. The first kappa shape index (κ1) is 17.2. The fraction of sp³-hybridized carbons (Fsp3) is 0.348. The van der Waals surface area contributed by atoms with E-state index in [1.54, 1.807) is 13.8 Å². The summed E-state index contributed by atoms with van der Waals surface area (Å²) in [6.45, 7) is 5.55. The van der Waals surface area contributed by atoms with Crippen LogP contribution in [-0.4, -0.2) is 22.7 Å². The fourth-order valence-corrected chi connectivity index (χ4v) is 5.50. The number of carbonyl (C=O) groups is 3. The molecule has 5 nitrogen and oxygen atoms in total. The average Bonchev–Trinajstić information content (AvgIpc) is 2.94. The van der Waals surface area contributed by atoms with Crippen LogP contribution in [0.2, 0.25) is 0 Å². The predicted molar refractivity (Wildman–Crippen MR) is 103 cm³/mol. The molecule has 0 spiro atoms. The number of rotatable bonds is 2.